The van der Waals surface area contributed by atoms with E-state index in [9.17, 15) is 9.90 Å². The van der Waals surface area contributed by atoms with Crippen molar-refractivity contribution in [1.82, 2.24) is 0 Å². The van der Waals surface area contributed by atoms with Crippen LogP contribution in [0, 0.1) is 0 Å². The molecule has 53 valence electrons. The number of rotatable bonds is 4. The lowest BCUT2D eigenvalue weighted by atomic mass is 10.5. The van der Waals surface area contributed by atoms with Crippen molar-refractivity contribution in [2.24, 2.45) is 0 Å². The maximum Gasteiger partial charge on any atom is 0.364 e. The van der Waals surface area contributed by atoms with Gasteiger partial charge in [0.15, 0.2) is 0 Å². The molecular formula is C5H9O4. The van der Waals surface area contributed by atoms with Gasteiger partial charge in [-0.1, -0.05) is 6.92 Å². The van der Waals surface area contributed by atoms with Crippen molar-refractivity contribution >= 4 is 5.97 Å². The Morgan fingerprint density at radius 2 is 2.33 bits per heavy atom. The van der Waals surface area contributed by atoms with E-state index in [1.165, 1.54) is 0 Å². The summed E-state index contributed by atoms with van der Waals surface area (Å²) in [6, 6.07) is 0. The van der Waals surface area contributed by atoms with Crippen LogP contribution < -0.4 is 0 Å². The molecule has 0 rings (SSSR count). The Kier molecular flexibility index (Phi) is 4.00. The third-order valence-electron chi connectivity index (χ3n) is 0.675. The molecule has 0 spiro atoms. The number of hydrogen-bond acceptors (Lipinski definition) is 2. The van der Waals surface area contributed by atoms with Crippen LogP contribution in [-0.2, 0) is 14.6 Å². The molecule has 0 aliphatic heterocycles. The minimum atomic E-state index is -1.91. The van der Waals surface area contributed by atoms with Crippen LogP contribution in [0.2, 0.25) is 0 Å². The third-order valence-corrected chi connectivity index (χ3v) is 0.675. The van der Waals surface area contributed by atoms with Crippen LogP contribution in [0.15, 0.2) is 0 Å². The van der Waals surface area contributed by atoms with Crippen LogP contribution in [0.3, 0.4) is 0 Å². The van der Waals surface area contributed by atoms with E-state index in [2.05, 4.69) is 4.74 Å². The van der Waals surface area contributed by atoms with Crippen molar-refractivity contribution in [3.8, 4) is 0 Å². The van der Waals surface area contributed by atoms with E-state index in [1.54, 1.807) is 6.92 Å². The highest BCUT2D eigenvalue weighted by Gasteiger charge is 2.13. The molecule has 4 heteroatoms. The molecule has 0 bridgehead atoms. The largest absolute Gasteiger partial charge is 0.477 e. The third kappa shape index (κ3) is 3.93. The molecule has 0 heterocycles. The highest BCUT2D eigenvalue weighted by atomic mass is 16.6. The lowest BCUT2D eigenvalue weighted by Crippen LogP contribution is -2.21. The van der Waals surface area contributed by atoms with Crippen LogP contribution in [0.1, 0.15) is 13.3 Å². The molecule has 1 N–H and O–H groups in total. The summed E-state index contributed by atoms with van der Waals surface area (Å²) in [6.45, 7) is 2.01. The minimum Gasteiger partial charge on any atom is -0.477 e. The molecule has 0 saturated carbocycles. The van der Waals surface area contributed by atoms with Crippen LogP contribution in [-0.4, -0.2) is 24.0 Å². The smallest absolute Gasteiger partial charge is 0.364 e. The number of carboxylic acids is 1. The van der Waals surface area contributed by atoms with Gasteiger partial charge in [-0.2, -0.15) is 5.11 Å². The van der Waals surface area contributed by atoms with E-state index in [4.69, 9.17) is 5.11 Å². The molecule has 0 aliphatic carbocycles. The second-order valence-corrected chi connectivity index (χ2v) is 1.54. The molecule has 9 heavy (non-hydrogen) atoms. The first-order valence-corrected chi connectivity index (χ1v) is 2.68. The number of aliphatic carboxylic acids is 1. The predicted octanol–water partition coefficient (Wildman–Crippen LogP) is 0.254. The van der Waals surface area contributed by atoms with Gasteiger partial charge in [-0.15, -0.1) is 0 Å². The van der Waals surface area contributed by atoms with Crippen molar-refractivity contribution in [1.29, 1.82) is 0 Å². The van der Waals surface area contributed by atoms with Gasteiger partial charge in [0.1, 0.15) is 0 Å². The molecule has 1 unspecified atom stereocenters. The van der Waals surface area contributed by atoms with Gasteiger partial charge in [-0.05, 0) is 6.42 Å². The van der Waals surface area contributed by atoms with E-state index in [0.29, 0.717) is 6.42 Å². The monoisotopic (exact) mass is 133 g/mol. The summed E-state index contributed by atoms with van der Waals surface area (Å²) < 4.78 is 4.30. The van der Waals surface area contributed by atoms with Crippen molar-refractivity contribution in [3.63, 3.8) is 0 Å². The zero-order chi connectivity index (χ0) is 7.28. The van der Waals surface area contributed by atoms with E-state index in [0.717, 1.165) is 0 Å². The Morgan fingerprint density at radius 3 is 2.67 bits per heavy atom. The molecule has 0 saturated heterocycles. The summed E-state index contributed by atoms with van der Waals surface area (Å²) in [5, 5.41) is 18.1. The quantitative estimate of drug-likeness (QED) is 0.559. The zero-order valence-electron chi connectivity index (χ0n) is 5.16. The van der Waals surface area contributed by atoms with E-state index < -0.39 is 12.3 Å². The van der Waals surface area contributed by atoms with E-state index in [-0.39, 0.29) is 6.61 Å². The van der Waals surface area contributed by atoms with Crippen molar-refractivity contribution < 1.29 is 19.7 Å². The van der Waals surface area contributed by atoms with Gasteiger partial charge in [0.2, 0.25) is 0 Å². The van der Waals surface area contributed by atoms with Crippen molar-refractivity contribution in [2.45, 2.75) is 19.6 Å². The highest BCUT2D eigenvalue weighted by Crippen LogP contribution is 1.88. The molecule has 0 aromatic rings. The normalized spacial score (nSPS) is 13.1. The average Bonchev–Trinajstić information content (AvgIpc) is 1.82. The second-order valence-electron chi connectivity index (χ2n) is 1.54. The molecular weight excluding hydrogens is 124 g/mol. The second kappa shape index (κ2) is 4.29. The molecule has 1 radical (unpaired) electrons. The lowest BCUT2D eigenvalue weighted by molar-refractivity contribution is -0.189. The van der Waals surface area contributed by atoms with Gasteiger partial charge < -0.3 is 9.84 Å². The van der Waals surface area contributed by atoms with Crippen LogP contribution >= 0.6 is 0 Å². The summed E-state index contributed by atoms with van der Waals surface area (Å²) in [6.07, 6.45) is -1.25. The van der Waals surface area contributed by atoms with Crippen molar-refractivity contribution in [3.05, 3.63) is 0 Å². The summed E-state index contributed by atoms with van der Waals surface area (Å²) >= 11 is 0. The predicted molar refractivity (Wildman–Crippen MR) is 28.4 cm³/mol. The summed E-state index contributed by atoms with van der Waals surface area (Å²) in [5.74, 6) is -1.46. The molecule has 4 nitrogen and oxygen atoms in total. The average molecular weight is 133 g/mol. The summed E-state index contributed by atoms with van der Waals surface area (Å²) in [7, 11) is 0. The minimum absolute atomic E-state index is 0.209. The number of hydrogen-bond donors (Lipinski definition) is 1. The van der Waals surface area contributed by atoms with Crippen LogP contribution in [0.5, 0.6) is 0 Å². The van der Waals surface area contributed by atoms with Gasteiger partial charge in [-0.3, -0.25) is 0 Å². The Labute approximate surface area is 53.1 Å². The molecule has 0 aromatic heterocycles. The van der Waals surface area contributed by atoms with E-state index >= 15 is 0 Å². The van der Waals surface area contributed by atoms with Crippen LogP contribution in [0.4, 0.5) is 0 Å². The van der Waals surface area contributed by atoms with Gasteiger partial charge in [0, 0.05) is 0 Å². The van der Waals surface area contributed by atoms with Crippen LogP contribution in [0.25, 0.3) is 0 Å². The zero-order valence-corrected chi connectivity index (χ0v) is 5.16. The molecule has 1 atom stereocenters. The highest BCUT2D eigenvalue weighted by molar-refractivity contribution is 5.70. The SMILES string of the molecule is CCCOC([O])C(=O)O. The first-order valence-electron chi connectivity index (χ1n) is 2.68. The Morgan fingerprint density at radius 1 is 1.78 bits per heavy atom. The van der Waals surface area contributed by atoms with E-state index in [1.807, 2.05) is 0 Å². The fourth-order valence-electron chi connectivity index (χ4n) is 0.296. The summed E-state index contributed by atoms with van der Waals surface area (Å²) in [5.41, 5.74) is 0. The Balaban J connectivity index is 3.27. The maximum atomic E-state index is 10.2. The first kappa shape index (κ1) is 8.39. The number of carbonyl (C=O) groups is 1. The lowest BCUT2D eigenvalue weighted by Gasteiger charge is -2.01. The summed E-state index contributed by atoms with van der Waals surface area (Å²) in [4.78, 5) is 9.77. The van der Waals surface area contributed by atoms with Gasteiger partial charge in [0.05, 0.1) is 6.61 Å². The maximum absolute atomic E-state index is 10.2. The topological polar surface area (TPSA) is 66.4 Å². The fraction of sp³-hybridized carbons (Fsp3) is 0.800. The standard InChI is InChI=1S/C5H9O4/c1-2-3-9-5(8)4(6)7/h5H,2-3H2,1H3,(H,6,7). The Bertz CT molecular complexity index is 91.0. The Hall–Kier alpha value is -0.610. The first-order chi connectivity index (χ1) is 4.18. The molecule has 0 aromatic carbocycles. The van der Waals surface area contributed by atoms with Gasteiger partial charge >= 0.3 is 5.97 Å². The molecule has 0 fully saturated rings. The molecule has 0 aliphatic rings. The number of ether oxygens (including phenoxy) is 1. The fourth-order valence-corrected chi connectivity index (χ4v) is 0.296. The molecule has 0 amide bonds. The van der Waals surface area contributed by atoms with Gasteiger partial charge in [-0.25, -0.2) is 4.79 Å². The van der Waals surface area contributed by atoms with Gasteiger partial charge in [0.25, 0.3) is 6.29 Å². The number of carboxylic acid groups (broad SMARTS) is 1. The van der Waals surface area contributed by atoms with Crippen molar-refractivity contribution in [2.75, 3.05) is 6.61 Å².